The Morgan fingerprint density at radius 2 is 0.621 bits per heavy atom. The van der Waals surface area contributed by atoms with Gasteiger partial charge in [0, 0.05) is 12.8 Å². The van der Waals surface area contributed by atoms with Crippen LogP contribution in [0.1, 0.15) is 284 Å². The molecule has 0 heterocycles. The second kappa shape index (κ2) is 67.4. The van der Waals surface area contributed by atoms with E-state index in [4.69, 9.17) is 18.9 Å². The van der Waals surface area contributed by atoms with Crippen LogP contribution in [0.4, 0.5) is 0 Å². The number of rotatable bonds is 64. The van der Waals surface area contributed by atoms with E-state index in [0.717, 1.165) is 116 Å². The summed E-state index contributed by atoms with van der Waals surface area (Å²) >= 11 is 0. The molecule has 0 aliphatic rings. The van der Waals surface area contributed by atoms with Gasteiger partial charge in [0.15, 0.2) is 12.4 Å². The standard InChI is InChI=1S/C78H131NO8/c1-6-8-10-12-14-16-18-20-22-24-26-28-30-32-34-36-37-38-39-41-43-45-47-49-51-53-55-57-59-61-63-65-67-69-76(81)87-74(73-86-78(77(82)83)84-71-70-79(3,4)5)72-85-75(80)68-66-64-62-60-58-56-54-52-50-48-46-44-42-40-35-33-31-29-27-25-23-21-19-17-15-13-11-9-7-2/h8-11,14-17,20-23,26-29,32,34,37-38,41,43,74,78H,6-7,12-13,18-19,24-25,30-31,33,35-36,39-40,42,44-73H2,1-5H3/b10-8-,11-9-,16-14-,17-15-,22-20-,23-21-,28-26-,29-27-,34-32-,38-37-,43-41-. The molecule has 87 heavy (non-hydrogen) atoms. The van der Waals surface area contributed by atoms with E-state index in [9.17, 15) is 19.5 Å². The Hall–Kier alpha value is -4.57. The molecule has 9 heteroatoms. The van der Waals surface area contributed by atoms with E-state index < -0.39 is 24.3 Å². The Kier molecular flexibility index (Phi) is 63.8. The van der Waals surface area contributed by atoms with Gasteiger partial charge in [0.05, 0.1) is 40.3 Å². The number of carbonyl (C=O) groups is 3. The number of aliphatic carboxylic acids is 1. The summed E-state index contributed by atoms with van der Waals surface area (Å²) in [6.07, 6.45) is 93.8. The number of unbranched alkanes of at least 4 members (excludes halogenated alkanes) is 27. The minimum Gasteiger partial charge on any atom is -0.545 e. The second-order valence-electron chi connectivity index (χ2n) is 24.4. The van der Waals surface area contributed by atoms with E-state index in [1.165, 1.54) is 135 Å². The van der Waals surface area contributed by atoms with Gasteiger partial charge in [0.25, 0.3) is 0 Å². The number of nitrogens with zero attached hydrogens (tertiary/aromatic N) is 1. The number of esters is 2. The Balaban J connectivity index is 4.14. The zero-order valence-corrected chi connectivity index (χ0v) is 56.6. The van der Waals surface area contributed by atoms with Crippen LogP contribution in [-0.2, 0) is 33.3 Å². The molecule has 2 unspecified atom stereocenters. The van der Waals surface area contributed by atoms with Crippen LogP contribution >= 0.6 is 0 Å². The van der Waals surface area contributed by atoms with Gasteiger partial charge in [-0.25, -0.2) is 0 Å². The first kappa shape index (κ1) is 82.4. The highest BCUT2D eigenvalue weighted by molar-refractivity contribution is 5.70. The monoisotopic (exact) mass is 1210 g/mol. The molecule has 0 aliphatic carbocycles. The van der Waals surface area contributed by atoms with Crippen molar-refractivity contribution in [3.8, 4) is 0 Å². The third kappa shape index (κ3) is 68.8. The SMILES string of the molecule is CC/C=C\C/C=C\C/C=C\C/C=C\C/C=C\C/C=C\C/C=C\CCCCCCCCCCCCCC(=O)OC(COC(=O)CCCCCCCCCCCCCCCCCC/C=C\C/C=C\C/C=C\C/C=C\CC)COC(OCC[N+](C)(C)C)C(=O)[O-]. The van der Waals surface area contributed by atoms with Crippen molar-refractivity contribution in [2.24, 2.45) is 0 Å². The highest BCUT2D eigenvalue weighted by Crippen LogP contribution is 2.17. The summed E-state index contributed by atoms with van der Waals surface area (Å²) in [4.78, 5) is 37.5. The average molecular weight is 1210 g/mol. The molecule has 496 valence electrons. The molecule has 0 radical (unpaired) electrons. The van der Waals surface area contributed by atoms with Crippen LogP contribution < -0.4 is 5.11 Å². The number of carboxylic acids is 1. The first-order valence-electron chi connectivity index (χ1n) is 35.3. The van der Waals surface area contributed by atoms with Crippen LogP contribution in [0.3, 0.4) is 0 Å². The third-order valence-corrected chi connectivity index (χ3v) is 14.9. The first-order chi connectivity index (χ1) is 42.6. The fourth-order valence-corrected chi connectivity index (χ4v) is 9.57. The Labute approximate surface area is 535 Å². The van der Waals surface area contributed by atoms with Gasteiger partial charge in [-0.15, -0.1) is 0 Å². The smallest absolute Gasteiger partial charge is 0.306 e. The number of ether oxygens (including phenoxy) is 4. The maximum Gasteiger partial charge on any atom is 0.306 e. The summed E-state index contributed by atoms with van der Waals surface area (Å²) in [5.41, 5.74) is 0. The van der Waals surface area contributed by atoms with Crippen LogP contribution in [0.25, 0.3) is 0 Å². The zero-order chi connectivity index (χ0) is 63.3. The van der Waals surface area contributed by atoms with E-state index >= 15 is 0 Å². The van der Waals surface area contributed by atoms with Gasteiger partial charge >= 0.3 is 11.9 Å². The molecule has 0 aromatic carbocycles. The van der Waals surface area contributed by atoms with Crippen LogP contribution in [0.2, 0.25) is 0 Å². The summed E-state index contributed by atoms with van der Waals surface area (Å²) in [7, 11) is 5.93. The van der Waals surface area contributed by atoms with Gasteiger partial charge in [-0.1, -0.05) is 295 Å². The lowest BCUT2D eigenvalue weighted by atomic mass is 10.0. The number of hydrogen-bond donors (Lipinski definition) is 0. The second-order valence-corrected chi connectivity index (χ2v) is 24.4. The van der Waals surface area contributed by atoms with Gasteiger partial charge in [-0.3, -0.25) is 9.59 Å². The minimum atomic E-state index is -1.63. The molecule has 0 saturated carbocycles. The molecule has 0 amide bonds. The van der Waals surface area contributed by atoms with Crippen molar-refractivity contribution in [3.63, 3.8) is 0 Å². The largest absolute Gasteiger partial charge is 0.545 e. The van der Waals surface area contributed by atoms with Crippen molar-refractivity contribution in [1.29, 1.82) is 0 Å². The Morgan fingerprint density at radius 3 is 0.920 bits per heavy atom. The lowest BCUT2D eigenvalue weighted by Crippen LogP contribution is -2.44. The molecule has 9 nitrogen and oxygen atoms in total. The van der Waals surface area contributed by atoms with E-state index in [-0.39, 0.29) is 38.6 Å². The summed E-state index contributed by atoms with van der Waals surface area (Å²) in [5.74, 6) is -2.29. The molecular weight excluding hydrogens is 1080 g/mol. The van der Waals surface area contributed by atoms with E-state index in [1.807, 2.05) is 21.1 Å². The lowest BCUT2D eigenvalue weighted by molar-refractivity contribution is -0.870. The van der Waals surface area contributed by atoms with Gasteiger partial charge in [0.1, 0.15) is 13.2 Å². The molecule has 0 aromatic rings. The number of hydrogen-bond acceptors (Lipinski definition) is 8. The molecule has 2 atom stereocenters. The van der Waals surface area contributed by atoms with E-state index in [0.29, 0.717) is 17.4 Å². The molecule has 0 N–H and O–H groups in total. The summed E-state index contributed by atoms with van der Waals surface area (Å²) < 4.78 is 22.8. The van der Waals surface area contributed by atoms with Gasteiger partial charge in [0.2, 0.25) is 0 Å². The van der Waals surface area contributed by atoms with Crippen LogP contribution in [0.15, 0.2) is 134 Å². The average Bonchev–Trinajstić information content (AvgIpc) is 3.59. The van der Waals surface area contributed by atoms with Crippen molar-refractivity contribution < 1.29 is 42.9 Å². The Morgan fingerprint density at radius 1 is 0.345 bits per heavy atom. The number of allylic oxidation sites excluding steroid dienone is 22. The molecular formula is C78H131NO8. The van der Waals surface area contributed by atoms with Crippen LogP contribution in [0.5, 0.6) is 0 Å². The van der Waals surface area contributed by atoms with Crippen molar-refractivity contribution in [2.75, 3.05) is 47.5 Å². The Bertz CT molecular complexity index is 1890. The molecule has 0 fully saturated rings. The number of quaternary nitrogens is 1. The van der Waals surface area contributed by atoms with E-state index in [1.54, 1.807) is 0 Å². The summed E-state index contributed by atoms with van der Waals surface area (Å²) in [5, 5.41) is 11.8. The minimum absolute atomic E-state index is 0.142. The summed E-state index contributed by atoms with van der Waals surface area (Å²) in [6.45, 7) is 4.53. The van der Waals surface area contributed by atoms with Crippen molar-refractivity contribution in [2.45, 2.75) is 296 Å². The quantitative estimate of drug-likeness (QED) is 0.0195. The molecule has 0 aromatic heterocycles. The number of carbonyl (C=O) groups excluding carboxylic acids is 3. The molecule has 0 saturated heterocycles. The van der Waals surface area contributed by atoms with Crippen LogP contribution in [-0.4, -0.2) is 82.3 Å². The fourth-order valence-electron chi connectivity index (χ4n) is 9.57. The van der Waals surface area contributed by atoms with E-state index in [2.05, 4.69) is 148 Å². The molecule has 0 aliphatic heterocycles. The van der Waals surface area contributed by atoms with Gasteiger partial charge in [-0.05, 0) is 109 Å². The predicted molar refractivity (Wildman–Crippen MR) is 370 cm³/mol. The molecule has 0 bridgehead atoms. The van der Waals surface area contributed by atoms with Crippen molar-refractivity contribution in [1.82, 2.24) is 0 Å². The lowest BCUT2D eigenvalue weighted by Gasteiger charge is -2.26. The fraction of sp³-hybridized carbons (Fsp3) is 0.679. The maximum absolute atomic E-state index is 12.9. The maximum atomic E-state index is 12.9. The van der Waals surface area contributed by atoms with Crippen LogP contribution in [0, 0.1) is 0 Å². The van der Waals surface area contributed by atoms with Gasteiger partial charge in [-0.2, -0.15) is 0 Å². The topological polar surface area (TPSA) is 111 Å². The highest BCUT2D eigenvalue weighted by atomic mass is 16.7. The molecule has 0 spiro atoms. The number of carboxylic acid groups (broad SMARTS) is 1. The van der Waals surface area contributed by atoms with Crippen molar-refractivity contribution in [3.05, 3.63) is 134 Å². The molecule has 0 rings (SSSR count). The normalized spacial score (nSPS) is 13.5. The summed E-state index contributed by atoms with van der Waals surface area (Å²) in [6, 6.07) is 0. The van der Waals surface area contributed by atoms with Crippen molar-refractivity contribution >= 4 is 17.9 Å². The predicted octanol–water partition coefficient (Wildman–Crippen LogP) is 20.8. The third-order valence-electron chi connectivity index (χ3n) is 14.9. The first-order valence-corrected chi connectivity index (χ1v) is 35.3. The number of likely N-dealkylation sites (N-methyl/N-ethyl adjacent to an activating group) is 1. The van der Waals surface area contributed by atoms with Gasteiger partial charge < -0.3 is 33.3 Å². The highest BCUT2D eigenvalue weighted by Gasteiger charge is 2.22. The zero-order valence-electron chi connectivity index (χ0n) is 56.6.